The van der Waals surface area contributed by atoms with Crippen molar-refractivity contribution in [3.8, 4) is 0 Å². The summed E-state index contributed by atoms with van der Waals surface area (Å²) >= 11 is 0. The van der Waals surface area contributed by atoms with Gasteiger partial charge in [0.1, 0.15) is 0 Å². The van der Waals surface area contributed by atoms with E-state index in [2.05, 4.69) is 41.4 Å². The first-order chi connectivity index (χ1) is 12.2. The van der Waals surface area contributed by atoms with Gasteiger partial charge < -0.3 is 15.1 Å². The SMILES string of the molecule is CC[C@H]1CN(C(C)=O)CC[C@H]1NCc1ccc(N2CCCCC2)cc1. The summed E-state index contributed by atoms with van der Waals surface area (Å²) in [4.78, 5) is 16.1. The van der Waals surface area contributed by atoms with Gasteiger partial charge >= 0.3 is 0 Å². The second-order valence-corrected chi connectivity index (χ2v) is 7.62. The molecule has 1 amide bonds. The predicted molar refractivity (Wildman–Crippen MR) is 104 cm³/mol. The van der Waals surface area contributed by atoms with Crippen molar-refractivity contribution in [2.45, 2.75) is 58.5 Å². The Labute approximate surface area is 152 Å². The molecule has 2 saturated heterocycles. The number of piperidine rings is 2. The van der Waals surface area contributed by atoms with Crippen molar-refractivity contribution in [3.05, 3.63) is 29.8 Å². The zero-order chi connectivity index (χ0) is 17.6. The number of nitrogens with zero attached hydrogens (tertiary/aromatic N) is 2. The summed E-state index contributed by atoms with van der Waals surface area (Å²) in [5, 5.41) is 3.75. The van der Waals surface area contributed by atoms with Gasteiger partial charge in [0.05, 0.1) is 0 Å². The van der Waals surface area contributed by atoms with E-state index in [1.165, 1.54) is 43.6 Å². The average molecular weight is 344 g/mol. The lowest BCUT2D eigenvalue weighted by Gasteiger charge is -2.38. The number of amides is 1. The number of hydrogen-bond donors (Lipinski definition) is 1. The topological polar surface area (TPSA) is 35.6 Å². The van der Waals surface area contributed by atoms with Crippen molar-refractivity contribution in [2.24, 2.45) is 5.92 Å². The van der Waals surface area contributed by atoms with Crippen LogP contribution in [0.25, 0.3) is 0 Å². The Morgan fingerprint density at radius 1 is 1.12 bits per heavy atom. The molecule has 4 nitrogen and oxygen atoms in total. The molecule has 2 aliphatic rings. The molecular weight excluding hydrogens is 310 g/mol. The summed E-state index contributed by atoms with van der Waals surface area (Å²) in [7, 11) is 0. The number of anilines is 1. The molecule has 0 radical (unpaired) electrons. The third kappa shape index (κ3) is 4.75. The van der Waals surface area contributed by atoms with Gasteiger partial charge in [-0.15, -0.1) is 0 Å². The molecule has 2 heterocycles. The van der Waals surface area contributed by atoms with Crippen LogP contribution in [0.2, 0.25) is 0 Å². The van der Waals surface area contributed by atoms with E-state index in [0.29, 0.717) is 12.0 Å². The lowest BCUT2D eigenvalue weighted by molar-refractivity contribution is -0.131. The summed E-state index contributed by atoms with van der Waals surface area (Å²) in [6.45, 7) is 9.02. The third-order valence-corrected chi connectivity index (χ3v) is 5.93. The number of nitrogens with one attached hydrogen (secondary N) is 1. The van der Waals surface area contributed by atoms with Crippen LogP contribution in [0.4, 0.5) is 5.69 Å². The van der Waals surface area contributed by atoms with Crippen LogP contribution < -0.4 is 10.2 Å². The van der Waals surface area contributed by atoms with Crippen LogP contribution in [0, 0.1) is 5.92 Å². The normalized spacial score (nSPS) is 24.4. The van der Waals surface area contributed by atoms with E-state index < -0.39 is 0 Å². The first-order valence-corrected chi connectivity index (χ1v) is 10.00. The maximum Gasteiger partial charge on any atom is 0.219 e. The molecule has 0 aromatic heterocycles. The first-order valence-electron chi connectivity index (χ1n) is 10.00. The van der Waals surface area contributed by atoms with Crippen LogP contribution in [0.15, 0.2) is 24.3 Å². The minimum Gasteiger partial charge on any atom is -0.372 e. The van der Waals surface area contributed by atoms with Gasteiger partial charge in [0.25, 0.3) is 0 Å². The Kier molecular flexibility index (Phi) is 6.35. The Balaban J connectivity index is 1.51. The maximum atomic E-state index is 11.6. The second kappa shape index (κ2) is 8.70. The highest BCUT2D eigenvalue weighted by Crippen LogP contribution is 2.22. The smallest absolute Gasteiger partial charge is 0.219 e. The summed E-state index contributed by atoms with van der Waals surface area (Å²) < 4.78 is 0. The molecule has 2 fully saturated rings. The number of likely N-dealkylation sites (tertiary alicyclic amines) is 1. The van der Waals surface area contributed by atoms with E-state index in [9.17, 15) is 4.79 Å². The van der Waals surface area contributed by atoms with E-state index in [1.54, 1.807) is 6.92 Å². The van der Waals surface area contributed by atoms with Crippen molar-refractivity contribution in [1.82, 2.24) is 10.2 Å². The highest BCUT2D eigenvalue weighted by molar-refractivity contribution is 5.73. The van der Waals surface area contributed by atoms with E-state index in [1.807, 2.05) is 4.90 Å². The molecule has 3 rings (SSSR count). The van der Waals surface area contributed by atoms with Gasteiger partial charge in [0, 0.05) is 51.4 Å². The molecular formula is C21H33N3O. The molecule has 2 atom stereocenters. The van der Waals surface area contributed by atoms with E-state index in [4.69, 9.17) is 0 Å². The van der Waals surface area contributed by atoms with Gasteiger partial charge in [0.2, 0.25) is 5.91 Å². The van der Waals surface area contributed by atoms with Crippen LogP contribution in [0.5, 0.6) is 0 Å². The zero-order valence-electron chi connectivity index (χ0n) is 15.8. The average Bonchev–Trinajstić information content (AvgIpc) is 2.67. The van der Waals surface area contributed by atoms with Gasteiger partial charge in [-0.3, -0.25) is 4.79 Å². The molecule has 0 bridgehead atoms. The third-order valence-electron chi connectivity index (χ3n) is 5.93. The van der Waals surface area contributed by atoms with Gasteiger partial charge in [-0.25, -0.2) is 0 Å². The fourth-order valence-electron chi connectivity index (χ4n) is 4.23. The molecule has 1 aromatic rings. The van der Waals surface area contributed by atoms with Gasteiger partial charge in [-0.1, -0.05) is 25.5 Å². The first kappa shape index (κ1) is 18.2. The van der Waals surface area contributed by atoms with Crippen molar-refractivity contribution in [2.75, 3.05) is 31.1 Å². The zero-order valence-corrected chi connectivity index (χ0v) is 15.8. The molecule has 138 valence electrons. The van der Waals surface area contributed by atoms with E-state index >= 15 is 0 Å². The van der Waals surface area contributed by atoms with Crippen molar-refractivity contribution in [1.29, 1.82) is 0 Å². The standard InChI is InChI=1S/C21H33N3O/c1-3-19-16-24(17(2)25)14-11-21(19)22-15-18-7-9-20(10-8-18)23-12-5-4-6-13-23/h7-10,19,21-22H,3-6,11-16H2,1-2H3/t19-,21+/m0/s1. The van der Waals surface area contributed by atoms with Crippen LogP contribution in [-0.4, -0.2) is 43.0 Å². The number of benzene rings is 1. The maximum absolute atomic E-state index is 11.6. The van der Waals surface area contributed by atoms with Crippen LogP contribution in [-0.2, 0) is 11.3 Å². The fourth-order valence-corrected chi connectivity index (χ4v) is 4.23. The highest BCUT2D eigenvalue weighted by atomic mass is 16.2. The number of rotatable bonds is 5. The van der Waals surface area contributed by atoms with E-state index in [0.717, 1.165) is 32.5 Å². The van der Waals surface area contributed by atoms with Gasteiger partial charge in [-0.2, -0.15) is 0 Å². The van der Waals surface area contributed by atoms with Crippen LogP contribution in [0.1, 0.15) is 51.5 Å². The minimum atomic E-state index is 0.213. The largest absolute Gasteiger partial charge is 0.372 e. The van der Waals surface area contributed by atoms with Gasteiger partial charge in [0.15, 0.2) is 0 Å². The number of carbonyl (C=O) groups excluding carboxylic acids is 1. The summed E-state index contributed by atoms with van der Waals surface area (Å²) in [5.41, 5.74) is 2.72. The molecule has 4 heteroatoms. The van der Waals surface area contributed by atoms with Crippen LogP contribution in [0.3, 0.4) is 0 Å². The summed E-state index contributed by atoms with van der Waals surface area (Å²) in [5.74, 6) is 0.774. The molecule has 1 N–H and O–H groups in total. The predicted octanol–water partition coefficient (Wildman–Crippen LogP) is 3.41. The fraction of sp³-hybridized carbons (Fsp3) is 0.667. The summed E-state index contributed by atoms with van der Waals surface area (Å²) in [6.07, 6.45) is 6.19. The Morgan fingerprint density at radius 2 is 1.84 bits per heavy atom. The Hall–Kier alpha value is -1.55. The van der Waals surface area contributed by atoms with Crippen molar-refractivity contribution < 1.29 is 4.79 Å². The molecule has 0 aliphatic carbocycles. The quantitative estimate of drug-likeness (QED) is 0.890. The molecule has 0 unspecified atom stereocenters. The lowest BCUT2D eigenvalue weighted by atomic mass is 9.89. The second-order valence-electron chi connectivity index (χ2n) is 7.62. The molecule has 0 saturated carbocycles. The molecule has 25 heavy (non-hydrogen) atoms. The molecule has 0 spiro atoms. The Morgan fingerprint density at radius 3 is 2.48 bits per heavy atom. The molecule has 2 aliphatic heterocycles. The van der Waals surface area contributed by atoms with Crippen LogP contribution >= 0.6 is 0 Å². The van der Waals surface area contributed by atoms with Gasteiger partial charge in [-0.05, 0) is 49.3 Å². The van der Waals surface area contributed by atoms with Crippen molar-refractivity contribution in [3.63, 3.8) is 0 Å². The van der Waals surface area contributed by atoms with E-state index in [-0.39, 0.29) is 5.91 Å². The molecule has 1 aromatic carbocycles. The van der Waals surface area contributed by atoms with Crippen molar-refractivity contribution >= 4 is 11.6 Å². The minimum absolute atomic E-state index is 0.213. The highest BCUT2D eigenvalue weighted by Gasteiger charge is 2.28. The summed E-state index contributed by atoms with van der Waals surface area (Å²) in [6, 6.07) is 9.60. The monoisotopic (exact) mass is 343 g/mol. The number of carbonyl (C=O) groups is 1. The number of hydrogen-bond acceptors (Lipinski definition) is 3. The lowest BCUT2D eigenvalue weighted by Crippen LogP contribution is -2.50. The Bertz CT molecular complexity index is 551.